The minimum atomic E-state index is -0.644. The summed E-state index contributed by atoms with van der Waals surface area (Å²) in [5.74, 6) is -1.69. The normalized spacial score (nSPS) is 17.6. The minimum absolute atomic E-state index is 0.0145. The van der Waals surface area contributed by atoms with Gasteiger partial charge in [-0.3, -0.25) is 14.8 Å². The average molecular weight is 414 g/mol. The van der Waals surface area contributed by atoms with Gasteiger partial charge in [0.25, 0.3) is 5.69 Å². The van der Waals surface area contributed by atoms with E-state index in [-0.39, 0.29) is 17.8 Å². The molecule has 30 heavy (non-hydrogen) atoms. The molecule has 156 valence electrons. The standard InChI is InChI=1S/C20H20F2N6O2/c1-12-17-8-15(28(29)30)4-6-20(17)27(25-12)13(2)18(9-26-11-23-10-24-26)16-5-3-14(21)7-19(16)22/h3-8,10-13,18,25H,9H2,1-2H3/t12?,13-,18-/m1/s1. The van der Waals surface area contributed by atoms with Gasteiger partial charge in [0.05, 0.1) is 29.2 Å². The summed E-state index contributed by atoms with van der Waals surface area (Å²) in [6.07, 6.45) is 2.94. The lowest BCUT2D eigenvalue weighted by Gasteiger charge is -2.34. The van der Waals surface area contributed by atoms with Crippen molar-refractivity contribution in [3.8, 4) is 0 Å². The quantitative estimate of drug-likeness (QED) is 0.488. The number of hydrogen-bond acceptors (Lipinski definition) is 6. The zero-order chi connectivity index (χ0) is 21.4. The summed E-state index contributed by atoms with van der Waals surface area (Å²) < 4.78 is 29.8. The van der Waals surface area contributed by atoms with Gasteiger partial charge in [0.1, 0.15) is 24.3 Å². The van der Waals surface area contributed by atoms with E-state index in [1.54, 1.807) is 23.1 Å². The van der Waals surface area contributed by atoms with E-state index in [0.29, 0.717) is 12.1 Å². The Kier molecular flexibility index (Phi) is 5.17. The van der Waals surface area contributed by atoms with Crippen molar-refractivity contribution in [1.29, 1.82) is 0 Å². The van der Waals surface area contributed by atoms with Crippen LogP contribution in [0.2, 0.25) is 0 Å². The molecule has 0 saturated heterocycles. The van der Waals surface area contributed by atoms with Crippen LogP contribution in [0.5, 0.6) is 0 Å². The molecular weight excluding hydrogens is 394 g/mol. The molecule has 1 unspecified atom stereocenters. The van der Waals surface area contributed by atoms with Crippen LogP contribution in [0, 0.1) is 21.7 Å². The first-order valence-electron chi connectivity index (χ1n) is 9.46. The van der Waals surface area contributed by atoms with E-state index in [4.69, 9.17) is 0 Å². The number of anilines is 1. The number of hydrazine groups is 1. The molecule has 3 atom stereocenters. The number of benzene rings is 2. The molecule has 3 aromatic rings. The Morgan fingerprint density at radius 2 is 2.07 bits per heavy atom. The number of nitrogens with one attached hydrogen (secondary N) is 1. The third-order valence-electron chi connectivity index (χ3n) is 5.48. The predicted molar refractivity (Wildman–Crippen MR) is 106 cm³/mol. The van der Waals surface area contributed by atoms with E-state index in [1.165, 1.54) is 24.5 Å². The predicted octanol–water partition coefficient (Wildman–Crippen LogP) is 3.72. The van der Waals surface area contributed by atoms with Crippen molar-refractivity contribution in [2.75, 3.05) is 5.01 Å². The number of aromatic nitrogens is 3. The van der Waals surface area contributed by atoms with Crippen molar-refractivity contribution < 1.29 is 13.7 Å². The van der Waals surface area contributed by atoms with E-state index in [1.807, 2.05) is 18.9 Å². The Morgan fingerprint density at radius 3 is 2.73 bits per heavy atom. The number of nitro benzene ring substituents is 1. The van der Waals surface area contributed by atoms with Gasteiger partial charge in [-0.15, -0.1) is 0 Å². The topological polar surface area (TPSA) is 89.1 Å². The van der Waals surface area contributed by atoms with Gasteiger partial charge in [0.2, 0.25) is 0 Å². The number of halogens is 2. The number of non-ortho nitro benzene ring substituents is 1. The lowest BCUT2D eigenvalue weighted by atomic mass is 9.91. The SMILES string of the molecule is CC1NN([C@H](C)[C@@H](Cn2cncn2)c2ccc(F)cc2F)c2ccc([N+](=O)[O-])cc21. The molecule has 2 aromatic carbocycles. The van der Waals surface area contributed by atoms with Crippen molar-refractivity contribution in [3.05, 3.63) is 81.9 Å². The van der Waals surface area contributed by atoms with Gasteiger partial charge < -0.3 is 5.01 Å². The molecule has 10 heteroatoms. The highest BCUT2D eigenvalue weighted by molar-refractivity contribution is 5.62. The zero-order valence-electron chi connectivity index (χ0n) is 16.4. The second kappa shape index (κ2) is 7.79. The Hall–Kier alpha value is -3.40. The summed E-state index contributed by atoms with van der Waals surface area (Å²) in [6.45, 7) is 4.14. The molecule has 0 radical (unpaired) electrons. The van der Waals surface area contributed by atoms with Crippen molar-refractivity contribution in [2.24, 2.45) is 0 Å². The largest absolute Gasteiger partial charge is 0.304 e. The zero-order valence-corrected chi connectivity index (χ0v) is 16.4. The third kappa shape index (κ3) is 3.61. The van der Waals surface area contributed by atoms with Crippen LogP contribution < -0.4 is 10.4 Å². The van der Waals surface area contributed by atoms with Crippen molar-refractivity contribution in [3.63, 3.8) is 0 Å². The van der Waals surface area contributed by atoms with Crippen LogP contribution in [0.4, 0.5) is 20.2 Å². The highest BCUT2D eigenvalue weighted by atomic mass is 19.1. The fraction of sp³-hybridized carbons (Fsp3) is 0.300. The van der Waals surface area contributed by atoms with Gasteiger partial charge in [-0.05, 0) is 31.5 Å². The average Bonchev–Trinajstić information content (AvgIpc) is 3.34. The van der Waals surface area contributed by atoms with Crippen LogP contribution in [0.1, 0.15) is 36.9 Å². The van der Waals surface area contributed by atoms with Crippen LogP contribution in [0.15, 0.2) is 49.1 Å². The van der Waals surface area contributed by atoms with Crippen LogP contribution in [0.25, 0.3) is 0 Å². The Morgan fingerprint density at radius 1 is 1.27 bits per heavy atom. The number of fused-ring (bicyclic) bond motifs is 1. The fourth-order valence-electron chi connectivity index (χ4n) is 3.93. The lowest BCUT2D eigenvalue weighted by molar-refractivity contribution is -0.384. The first kappa shape index (κ1) is 19.9. The molecule has 0 bridgehead atoms. The van der Waals surface area contributed by atoms with Crippen molar-refractivity contribution >= 4 is 11.4 Å². The Balaban J connectivity index is 1.72. The summed E-state index contributed by atoms with van der Waals surface area (Å²) in [5, 5.41) is 17.1. The second-order valence-electron chi connectivity index (χ2n) is 7.35. The van der Waals surface area contributed by atoms with E-state index < -0.39 is 22.5 Å². The molecule has 1 N–H and O–H groups in total. The molecule has 1 aromatic heterocycles. The van der Waals surface area contributed by atoms with Gasteiger partial charge in [0, 0.05) is 29.7 Å². The Labute approximate surface area is 171 Å². The molecule has 0 amide bonds. The van der Waals surface area contributed by atoms with E-state index in [2.05, 4.69) is 15.5 Å². The van der Waals surface area contributed by atoms with Gasteiger partial charge in [-0.1, -0.05) is 6.07 Å². The van der Waals surface area contributed by atoms with Crippen LogP contribution in [0.3, 0.4) is 0 Å². The summed E-state index contributed by atoms with van der Waals surface area (Å²) in [7, 11) is 0. The van der Waals surface area contributed by atoms with E-state index in [0.717, 1.165) is 17.3 Å². The number of nitrogens with zero attached hydrogens (tertiary/aromatic N) is 5. The fourth-order valence-corrected chi connectivity index (χ4v) is 3.93. The molecule has 0 saturated carbocycles. The smallest absolute Gasteiger partial charge is 0.269 e. The van der Waals surface area contributed by atoms with Crippen LogP contribution in [-0.2, 0) is 6.54 Å². The van der Waals surface area contributed by atoms with Crippen LogP contribution in [-0.4, -0.2) is 25.7 Å². The Bertz CT molecular complexity index is 1080. The number of nitro groups is 1. The first-order valence-corrected chi connectivity index (χ1v) is 9.46. The summed E-state index contributed by atoms with van der Waals surface area (Å²) >= 11 is 0. The molecule has 1 aliphatic heterocycles. The highest BCUT2D eigenvalue weighted by Gasteiger charge is 2.35. The molecule has 8 nitrogen and oxygen atoms in total. The molecular formula is C20H20F2N6O2. The third-order valence-corrected chi connectivity index (χ3v) is 5.48. The van der Waals surface area contributed by atoms with Crippen LogP contribution >= 0.6 is 0 Å². The molecule has 0 spiro atoms. The second-order valence-corrected chi connectivity index (χ2v) is 7.35. The maximum atomic E-state index is 14.7. The van der Waals surface area contributed by atoms with E-state index in [9.17, 15) is 18.9 Å². The monoisotopic (exact) mass is 414 g/mol. The van der Waals surface area contributed by atoms with E-state index >= 15 is 0 Å². The maximum absolute atomic E-state index is 14.7. The first-order chi connectivity index (χ1) is 14.3. The summed E-state index contributed by atoms with van der Waals surface area (Å²) in [4.78, 5) is 14.7. The molecule has 2 heterocycles. The summed E-state index contributed by atoms with van der Waals surface area (Å²) in [5.41, 5.74) is 5.25. The van der Waals surface area contributed by atoms with Gasteiger partial charge in [-0.25, -0.2) is 19.2 Å². The van der Waals surface area contributed by atoms with Crippen molar-refractivity contribution in [1.82, 2.24) is 20.2 Å². The van der Waals surface area contributed by atoms with Crippen molar-refractivity contribution in [2.45, 2.75) is 38.4 Å². The van der Waals surface area contributed by atoms with Gasteiger partial charge in [0.15, 0.2) is 0 Å². The maximum Gasteiger partial charge on any atom is 0.269 e. The van der Waals surface area contributed by atoms with Gasteiger partial charge in [-0.2, -0.15) is 5.10 Å². The molecule has 4 rings (SSSR count). The molecule has 0 fully saturated rings. The molecule has 1 aliphatic rings. The van der Waals surface area contributed by atoms with Gasteiger partial charge >= 0.3 is 0 Å². The molecule has 0 aliphatic carbocycles. The minimum Gasteiger partial charge on any atom is -0.304 e. The summed E-state index contributed by atoms with van der Waals surface area (Å²) in [6, 6.07) is 7.78. The highest BCUT2D eigenvalue weighted by Crippen LogP contribution is 2.39. The number of hydrogen-bond donors (Lipinski definition) is 1. The number of rotatable bonds is 6. The lowest BCUT2D eigenvalue weighted by Crippen LogP contribution is -2.45.